The van der Waals surface area contributed by atoms with Gasteiger partial charge in [-0.1, -0.05) is 26.8 Å². The van der Waals surface area contributed by atoms with Crippen LogP contribution in [0.2, 0.25) is 0 Å². The fourth-order valence-corrected chi connectivity index (χ4v) is 1.84. The van der Waals surface area contributed by atoms with Gasteiger partial charge in [0.2, 0.25) is 5.91 Å². The standard InChI is InChI=1S/C16H26N2O2/c1-11(17)6-9-15(19)18-13-10-12(16(2,3)4)7-8-14(13)20-5/h7-8,10-11H,6,9,17H2,1-5H3,(H,18,19). The molecule has 3 N–H and O–H groups in total. The van der Waals surface area contributed by atoms with Gasteiger partial charge in [-0.15, -0.1) is 0 Å². The molecule has 0 aliphatic carbocycles. The predicted molar refractivity (Wildman–Crippen MR) is 83.2 cm³/mol. The Morgan fingerprint density at radius 1 is 1.40 bits per heavy atom. The highest BCUT2D eigenvalue weighted by Crippen LogP contribution is 2.31. The van der Waals surface area contributed by atoms with Crippen LogP contribution in [0, 0.1) is 0 Å². The molecule has 0 spiro atoms. The van der Waals surface area contributed by atoms with Crippen LogP contribution in [0.5, 0.6) is 5.75 Å². The predicted octanol–water partition coefficient (Wildman–Crippen LogP) is 3.06. The van der Waals surface area contributed by atoms with Crippen molar-refractivity contribution in [1.29, 1.82) is 0 Å². The second-order valence-corrected chi connectivity index (χ2v) is 6.23. The Kier molecular flexibility index (Phi) is 5.57. The zero-order valence-corrected chi connectivity index (χ0v) is 13.1. The second kappa shape index (κ2) is 6.75. The lowest BCUT2D eigenvalue weighted by Gasteiger charge is -2.21. The van der Waals surface area contributed by atoms with Crippen molar-refractivity contribution < 1.29 is 9.53 Å². The van der Waals surface area contributed by atoms with Gasteiger partial charge in [0, 0.05) is 12.5 Å². The van der Waals surface area contributed by atoms with Crippen molar-refractivity contribution >= 4 is 11.6 Å². The van der Waals surface area contributed by atoms with Gasteiger partial charge in [-0.2, -0.15) is 0 Å². The average Bonchev–Trinajstić information content (AvgIpc) is 2.35. The summed E-state index contributed by atoms with van der Waals surface area (Å²) < 4.78 is 5.30. The molecule has 1 aromatic rings. The Hall–Kier alpha value is -1.55. The minimum atomic E-state index is -0.0355. The molecule has 1 atom stereocenters. The lowest BCUT2D eigenvalue weighted by atomic mass is 9.87. The number of methoxy groups -OCH3 is 1. The molecule has 0 aliphatic rings. The molecule has 4 heteroatoms. The van der Waals surface area contributed by atoms with Gasteiger partial charge < -0.3 is 15.8 Å². The summed E-state index contributed by atoms with van der Waals surface area (Å²) >= 11 is 0. The molecule has 20 heavy (non-hydrogen) atoms. The average molecular weight is 278 g/mol. The number of hydrogen-bond donors (Lipinski definition) is 2. The molecular formula is C16H26N2O2. The van der Waals surface area contributed by atoms with Gasteiger partial charge >= 0.3 is 0 Å². The number of benzene rings is 1. The van der Waals surface area contributed by atoms with Crippen molar-refractivity contribution in [2.45, 2.75) is 52.0 Å². The Morgan fingerprint density at radius 3 is 2.55 bits per heavy atom. The van der Waals surface area contributed by atoms with E-state index in [1.54, 1.807) is 7.11 Å². The Labute approximate surface area is 121 Å². The number of rotatable bonds is 5. The normalized spacial score (nSPS) is 12.9. The molecule has 0 heterocycles. The highest BCUT2D eigenvalue weighted by molar-refractivity contribution is 5.92. The molecule has 1 amide bonds. The van der Waals surface area contributed by atoms with E-state index < -0.39 is 0 Å². The van der Waals surface area contributed by atoms with Crippen molar-refractivity contribution in [2.24, 2.45) is 5.73 Å². The fourth-order valence-electron chi connectivity index (χ4n) is 1.84. The van der Waals surface area contributed by atoms with Crippen LogP contribution in [0.3, 0.4) is 0 Å². The number of carbonyl (C=O) groups excluding carboxylic acids is 1. The van der Waals surface area contributed by atoms with Crippen LogP contribution >= 0.6 is 0 Å². The number of anilines is 1. The quantitative estimate of drug-likeness (QED) is 0.870. The summed E-state index contributed by atoms with van der Waals surface area (Å²) in [6.07, 6.45) is 1.09. The molecule has 112 valence electrons. The van der Waals surface area contributed by atoms with Crippen LogP contribution in [0.25, 0.3) is 0 Å². The van der Waals surface area contributed by atoms with Crippen molar-refractivity contribution in [2.75, 3.05) is 12.4 Å². The monoisotopic (exact) mass is 278 g/mol. The first kappa shape index (κ1) is 16.5. The third-order valence-electron chi connectivity index (χ3n) is 3.17. The summed E-state index contributed by atoms with van der Waals surface area (Å²) in [5.74, 6) is 0.638. The van der Waals surface area contributed by atoms with Crippen molar-refractivity contribution in [3.63, 3.8) is 0 Å². The molecule has 1 aromatic carbocycles. The molecule has 0 fully saturated rings. The van der Waals surface area contributed by atoms with Gasteiger partial charge in [-0.3, -0.25) is 4.79 Å². The maximum Gasteiger partial charge on any atom is 0.224 e. The molecule has 1 rings (SSSR count). The Balaban J connectivity index is 2.89. The summed E-state index contributed by atoms with van der Waals surface area (Å²) in [6.45, 7) is 8.30. The summed E-state index contributed by atoms with van der Waals surface area (Å²) in [4.78, 5) is 11.9. The first-order valence-corrected chi connectivity index (χ1v) is 6.98. The number of ether oxygens (including phenoxy) is 1. The van der Waals surface area contributed by atoms with Crippen LogP contribution in [0.4, 0.5) is 5.69 Å². The second-order valence-electron chi connectivity index (χ2n) is 6.23. The third-order valence-corrected chi connectivity index (χ3v) is 3.17. The van der Waals surface area contributed by atoms with Gasteiger partial charge in [0.15, 0.2) is 0 Å². The highest BCUT2D eigenvalue weighted by Gasteiger charge is 2.17. The molecular weight excluding hydrogens is 252 g/mol. The van der Waals surface area contributed by atoms with Crippen molar-refractivity contribution in [1.82, 2.24) is 0 Å². The summed E-state index contributed by atoms with van der Waals surface area (Å²) in [6, 6.07) is 5.92. The lowest BCUT2D eigenvalue weighted by Crippen LogP contribution is -2.20. The van der Waals surface area contributed by atoms with Crippen LogP contribution in [0.1, 0.15) is 46.1 Å². The van der Waals surface area contributed by atoms with E-state index in [0.29, 0.717) is 18.6 Å². The minimum Gasteiger partial charge on any atom is -0.495 e. The van der Waals surface area contributed by atoms with E-state index in [-0.39, 0.29) is 17.4 Å². The topological polar surface area (TPSA) is 64.3 Å². The largest absolute Gasteiger partial charge is 0.495 e. The van der Waals surface area contributed by atoms with Crippen molar-refractivity contribution in [3.05, 3.63) is 23.8 Å². The van der Waals surface area contributed by atoms with Crippen LogP contribution in [-0.2, 0) is 10.2 Å². The Bertz CT molecular complexity index is 462. The van der Waals surface area contributed by atoms with E-state index in [9.17, 15) is 4.79 Å². The number of amides is 1. The van der Waals surface area contributed by atoms with E-state index >= 15 is 0 Å². The van der Waals surface area contributed by atoms with Crippen LogP contribution in [-0.4, -0.2) is 19.1 Å². The lowest BCUT2D eigenvalue weighted by molar-refractivity contribution is -0.116. The van der Waals surface area contributed by atoms with Gasteiger partial charge in [0.1, 0.15) is 5.75 Å². The van der Waals surface area contributed by atoms with E-state index in [2.05, 4.69) is 26.1 Å². The first-order chi connectivity index (χ1) is 9.24. The molecule has 0 aliphatic heterocycles. The van der Waals surface area contributed by atoms with Gasteiger partial charge in [-0.25, -0.2) is 0 Å². The molecule has 0 bridgehead atoms. The van der Waals surface area contributed by atoms with Gasteiger partial charge in [0.25, 0.3) is 0 Å². The SMILES string of the molecule is COc1ccc(C(C)(C)C)cc1NC(=O)CCC(C)N. The number of carbonyl (C=O) groups is 1. The maximum atomic E-state index is 11.9. The molecule has 1 unspecified atom stereocenters. The highest BCUT2D eigenvalue weighted by atomic mass is 16.5. The molecule has 0 radical (unpaired) electrons. The van der Waals surface area contributed by atoms with Gasteiger partial charge in [-0.05, 0) is 36.5 Å². The summed E-state index contributed by atoms with van der Waals surface area (Å²) in [7, 11) is 1.60. The van der Waals surface area contributed by atoms with Crippen molar-refractivity contribution in [3.8, 4) is 5.75 Å². The summed E-state index contributed by atoms with van der Waals surface area (Å²) in [5.41, 5.74) is 7.56. The number of nitrogens with one attached hydrogen (secondary N) is 1. The number of nitrogens with two attached hydrogens (primary N) is 1. The van der Waals surface area contributed by atoms with Crippen LogP contribution < -0.4 is 15.8 Å². The van der Waals surface area contributed by atoms with E-state index in [1.807, 2.05) is 25.1 Å². The first-order valence-electron chi connectivity index (χ1n) is 6.98. The fraction of sp³-hybridized carbons (Fsp3) is 0.562. The molecule has 0 saturated heterocycles. The minimum absolute atomic E-state index is 0.0253. The van der Waals surface area contributed by atoms with E-state index in [1.165, 1.54) is 0 Å². The van der Waals surface area contributed by atoms with E-state index in [4.69, 9.17) is 10.5 Å². The number of hydrogen-bond acceptors (Lipinski definition) is 3. The van der Waals surface area contributed by atoms with Gasteiger partial charge in [0.05, 0.1) is 12.8 Å². The summed E-state index contributed by atoms with van der Waals surface area (Å²) in [5, 5.41) is 2.91. The van der Waals surface area contributed by atoms with E-state index in [0.717, 1.165) is 11.3 Å². The zero-order valence-electron chi connectivity index (χ0n) is 13.1. The molecule has 4 nitrogen and oxygen atoms in total. The maximum absolute atomic E-state index is 11.9. The van der Waals surface area contributed by atoms with Crippen LogP contribution in [0.15, 0.2) is 18.2 Å². The molecule has 0 saturated carbocycles. The molecule has 0 aromatic heterocycles. The smallest absolute Gasteiger partial charge is 0.224 e. The zero-order chi connectivity index (χ0) is 15.3. The third kappa shape index (κ3) is 4.85. The Morgan fingerprint density at radius 2 is 2.05 bits per heavy atom.